The van der Waals surface area contributed by atoms with Crippen molar-refractivity contribution in [2.45, 2.75) is 38.1 Å². The number of carbonyl (C=O) groups is 1. The molecular formula is C25H34N4O4S. The van der Waals surface area contributed by atoms with Crippen molar-refractivity contribution < 1.29 is 17.9 Å². The molecule has 0 aliphatic carbocycles. The average Bonchev–Trinajstić information content (AvgIpc) is 3.19. The van der Waals surface area contributed by atoms with Gasteiger partial charge in [-0.3, -0.25) is 4.79 Å². The summed E-state index contributed by atoms with van der Waals surface area (Å²) in [5.41, 5.74) is 3.64. The van der Waals surface area contributed by atoms with E-state index in [0.29, 0.717) is 45.1 Å². The van der Waals surface area contributed by atoms with Gasteiger partial charge in [0.1, 0.15) is 0 Å². The first kappa shape index (κ1) is 24.5. The van der Waals surface area contributed by atoms with Gasteiger partial charge in [0.05, 0.1) is 36.0 Å². The second kappa shape index (κ2) is 10.3. The fourth-order valence-corrected chi connectivity index (χ4v) is 6.30. The summed E-state index contributed by atoms with van der Waals surface area (Å²) in [5, 5.41) is 3.27. The average molecular weight is 487 g/mol. The van der Waals surface area contributed by atoms with E-state index < -0.39 is 10.0 Å². The number of sulfonamides is 1. The first-order valence-corrected chi connectivity index (χ1v) is 13.4. The maximum absolute atomic E-state index is 13.3. The molecule has 4 rings (SSSR count). The van der Waals surface area contributed by atoms with Crippen LogP contribution in [0, 0.1) is 0 Å². The minimum atomic E-state index is -3.62. The fraction of sp³-hybridized carbons (Fsp3) is 0.480. The molecule has 184 valence electrons. The number of anilines is 3. The number of ether oxygens (including phenoxy) is 1. The summed E-state index contributed by atoms with van der Waals surface area (Å²) in [6, 6.07) is 13.2. The van der Waals surface area contributed by atoms with Crippen molar-refractivity contribution in [3.05, 3.63) is 48.0 Å². The lowest BCUT2D eigenvalue weighted by atomic mass is 10.1. The van der Waals surface area contributed by atoms with Gasteiger partial charge in [0.15, 0.2) is 0 Å². The second-order valence-electron chi connectivity index (χ2n) is 8.67. The molecule has 1 saturated heterocycles. The Morgan fingerprint density at radius 1 is 1.09 bits per heavy atom. The van der Waals surface area contributed by atoms with Gasteiger partial charge in [-0.15, -0.1) is 0 Å². The van der Waals surface area contributed by atoms with Crippen molar-refractivity contribution in [1.29, 1.82) is 0 Å². The quantitative estimate of drug-likeness (QED) is 0.618. The standard InChI is InChI=1S/C25H34N4O4S/c1-4-28(5-2)34(31,32)21-10-11-24(27-12-14-33-15-13-27)22(17-21)26-18-25(30)29-19(3)16-20-8-6-7-9-23(20)29/h6-11,17,19,26H,4-5,12-16,18H2,1-3H3. The Kier molecular flexibility index (Phi) is 7.45. The van der Waals surface area contributed by atoms with Crippen LogP contribution in [0.25, 0.3) is 0 Å². The normalized spacial score (nSPS) is 18.3. The number of para-hydroxylation sites is 1. The number of hydrogen-bond acceptors (Lipinski definition) is 6. The molecule has 34 heavy (non-hydrogen) atoms. The number of carbonyl (C=O) groups excluding carboxylic acids is 1. The number of hydrogen-bond donors (Lipinski definition) is 1. The number of nitrogens with one attached hydrogen (secondary N) is 1. The van der Waals surface area contributed by atoms with Crippen molar-refractivity contribution in [3.63, 3.8) is 0 Å². The zero-order valence-corrected chi connectivity index (χ0v) is 21.0. The maximum atomic E-state index is 13.3. The van der Waals surface area contributed by atoms with Crippen molar-refractivity contribution >= 4 is 33.0 Å². The predicted octanol–water partition coefficient (Wildman–Crippen LogP) is 2.94. The molecule has 1 atom stereocenters. The van der Waals surface area contributed by atoms with E-state index in [0.717, 1.165) is 17.8 Å². The molecule has 8 nitrogen and oxygen atoms in total. The highest BCUT2D eigenvalue weighted by Gasteiger charge is 2.31. The van der Waals surface area contributed by atoms with E-state index in [2.05, 4.69) is 16.3 Å². The van der Waals surface area contributed by atoms with Crippen molar-refractivity contribution in [3.8, 4) is 0 Å². The Labute approximate surface area is 202 Å². The van der Waals surface area contributed by atoms with Crippen LogP contribution >= 0.6 is 0 Å². The summed E-state index contributed by atoms with van der Waals surface area (Å²) in [5.74, 6) is -0.0395. The molecule has 1 N–H and O–H groups in total. The number of benzene rings is 2. The molecule has 1 amide bonds. The summed E-state index contributed by atoms with van der Waals surface area (Å²) in [4.78, 5) is 17.5. The summed E-state index contributed by atoms with van der Waals surface area (Å²) in [6.07, 6.45) is 0.832. The molecule has 2 aliphatic rings. The van der Waals surface area contributed by atoms with Crippen LogP contribution in [0.15, 0.2) is 47.4 Å². The Bertz CT molecular complexity index is 1130. The molecule has 1 fully saturated rings. The number of fused-ring (bicyclic) bond motifs is 1. The SMILES string of the molecule is CCN(CC)S(=O)(=O)c1ccc(N2CCOCC2)c(NCC(=O)N2c3ccccc3CC2C)c1. The number of amides is 1. The van der Waals surface area contributed by atoms with Gasteiger partial charge in [0.25, 0.3) is 0 Å². The Morgan fingerprint density at radius 2 is 1.79 bits per heavy atom. The highest BCUT2D eigenvalue weighted by Crippen LogP contribution is 2.33. The molecule has 0 spiro atoms. The van der Waals surface area contributed by atoms with E-state index in [-0.39, 0.29) is 23.4 Å². The summed E-state index contributed by atoms with van der Waals surface area (Å²) >= 11 is 0. The highest BCUT2D eigenvalue weighted by atomic mass is 32.2. The lowest BCUT2D eigenvalue weighted by Crippen LogP contribution is -2.40. The molecule has 0 radical (unpaired) electrons. The summed E-state index contributed by atoms with van der Waals surface area (Å²) in [7, 11) is -3.62. The Morgan fingerprint density at radius 3 is 2.50 bits per heavy atom. The zero-order chi connectivity index (χ0) is 24.3. The van der Waals surface area contributed by atoms with Gasteiger partial charge >= 0.3 is 0 Å². The maximum Gasteiger partial charge on any atom is 0.246 e. The molecule has 9 heteroatoms. The van der Waals surface area contributed by atoms with Crippen LogP contribution in [-0.2, 0) is 26.0 Å². The van der Waals surface area contributed by atoms with E-state index in [4.69, 9.17) is 4.74 Å². The summed E-state index contributed by atoms with van der Waals surface area (Å²) < 4.78 is 33.2. The van der Waals surface area contributed by atoms with Gasteiger partial charge in [0.2, 0.25) is 15.9 Å². The zero-order valence-electron chi connectivity index (χ0n) is 20.2. The third-order valence-corrected chi connectivity index (χ3v) is 8.61. The molecule has 1 unspecified atom stereocenters. The molecule has 2 aromatic rings. The molecule has 0 saturated carbocycles. The van der Waals surface area contributed by atoms with E-state index in [9.17, 15) is 13.2 Å². The van der Waals surface area contributed by atoms with Crippen molar-refractivity contribution in [2.75, 3.05) is 61.1 Å². The van der Waals surface area contributed by atoms with E-state index >= 15 is 0 Å². The fourth-order valence-electron chi connectivity index (χ4n) is 4.81. The molecule has 2 aliphatic heterocycles. The van der Waals surface area contributed by atoms with Crippen LogP contribution < -0.4 is 15.1 Å². The van der Waals surface area contributed by atoms with Gasteiger partial charge in [-0.25, -0.2) is 8.42 Å². The van der Waals surface area contributed by atoms with E-state index in [1.807, 2.05) is 49.9 Å². The molecule has 0 aromatic heterocycles. The second-order valence-corrected chi connectivity index (χ2v) is 10.6. The van der Waals surface area contributed by atoms with Crippen LogP contribution in [0.3, 0.4) is 0 Å². The lowest BCUT2D eigenvalue weighted by Gasteiger charge is -2.31. The van der Waals surface area contributed by atoms with Gasteiger partial charge in [-0.1, -0.05) is 32.0 Å². The van der Waals surface area contributed by atoms with Gasteiger partial charge in [0, 0.05) is 37.9 Å². The number of rotatable bonds is 8. The van der Waals surface area contributed by atoms with Crippen molar-refractivity contribution in [2.24, 2.45) is 0 Å². The summed E-state index contributed by atoms with van der Waals surface area (Å²) in [6.45, 7) is 9.22. The lowest BCUT2D eigenvalue weighted by molar-refractivity contribution is -0.117. The highest BCUT2D eigenvalue weighted by molar-refractivity contribution is 7.89. The Hall–Kier alpha value is -2.62. The van der Waals surface area contributed by atoms with Gasteiger partial charge in [-0.05, 0) is 43.2 Å². The number of nitrogens with zero attached hydrogens (tertiary/aromatic N) is 3. The molecule has 2 aromatic carbocycles. The minimum Gasteiger partial charge on any atom is -0.378 e. The van der Waals surface area contributed by atoms with E-state index in [1.165, 1.54) is 9.87 Å². The third-order valence-electron chi connectivity index (χ3n) is 6.57. The van der Waals surface area contributed by atoms with Crippen molar-refractivity contribution in [1.82, 2.24) is 4.31 Å². The largest absolute Gasteiger partial charge is 0.378 e. The molecule has 0 bridgehead atoms. The molecular weight excluding hydrogens is 452 g/mol. The number of morpholine rings is 1. The van der Waals surface area contributed by atoms with Gasteiger partial charge in [-0.2, -0.15) is 4.31 Å². The predicted molar refractivity (Wildman–Crippen MR) is 135 cm³/mol. The topological polar surface area (TPSA) is 82.2 Å². The molecule has 2 heterocycles. The monoisotopic (exact) mass is 486 g/mol. The first-order valence-electron chi connectivity index (χ1n) is 12.0. The van der Waals surface area contributed by atoms with Crippen LogP contribution in [-0.4, -0.2) is 70.6 Å². The van der Waals surface area contributed by atoms with E-state index in [1.54, 1.807) is 12.1 Å². The van der Waals surface area contributed by atoms with Crippen LogP contribution in [0.5, 0.6) is 0 Å². The smallest absolute Gasteiger partial charge is 0.246 e. The van der Waals surface area contributed by atoms with Crippen LogP contribution in [0.4, 0.5) is 17.1 Å². The van der Waals surface area contributed by atoms with Gasteiger partial charge < -0.3 is 19.9 Å². The minimum absolute atomic E-state index is 0.0395. The Balaban J connectivity index is 1.61. The van der Waals surface area contributed by atoms with Crippen LogP contribution in [0.2, 0.25) is 0 Å². The first-order chi connectivity index (χ1) is 16.4. The van der Waals surface area contributed by atoms with Crippen LogP contribution in [0.1, 0.15) is 26.3 Å². The third kappa shape index (κ3) is 4.78.